The Kier molecular flexibility index (Phi) is 7.28. The van der Waals surface area contributed by atoms with E-state index in [1.165, 1.54) is 18.1 Å². The average Bonchev–Trinajstić information content (AvgIpc) is 3.18. The number of nitrogens with one attached hydrogen (secondary N) is 1. The van der Waals surface area contributed by atoms with Gasteiger partial charge in [0.1, 0.15) is 11.6 Å². The molecule has 0 saturated carbocycles. The summed E-state index contributed by atoms with van der Waals surface area (Å²) in [5.41, 5.74) is 1.73. The van der Waals surface area contributed by atoms with Crippen LogP contribution in [0.3, 0.4) is 0 Å². The highest BCUT2D eigenvalue weighted by Crippen LogP contribution is 2.35. The fourth-order valence-corrected chi connectivity index (χ4v) is 4.78. The molecule has 2 aromatic rings. The molecule has 2 aromatic carbocycles. The third-order valence-corrected chi connectivity index (χ3v) is 6.40. The number of anilines is 2. The molecule has 2 fully saturated rings. The lowest BCUT2D eigenvalue weighted by Gasteiger charge is -2.37. The molecule has 0 radical (unpaired) electrons. The molecular weight excluding hydrogens is 461 g/mol. The molecule has 2 amide bonds. The molecule has 0 aliphatic carbocycles. The summed E-state index contributed by atoms with van der Waals surface area (Å²) < 4.78 is 25.9. The Labute approximate surface area is 203 Å². The first-order valence-corrected chi connectivity index (χ1v) is 11.7. The predicted molar refractivity (Wildman–Crippen MR) is 129 cm³/mol. The Morgan fingerprint density at radius 1 is 1.15 bits per heavy atom. The first-order valence-electron chi connectivity index (χ1n) is 11.4. The molecule has 0 aromatic heterocycles. The summed E-state index contributed by atoms with van der Waals surface area (Å²) in [6.45, 7) is 5.60. The van der Waals surface area contributed by atoms with E-state index in [4.69, 9.17) is 21.1 Å². The summed E-state index contributed by atoms with van der Waals surface area (Å²) in [4.78, 5) is 28.9. The quantitative estimate of drug-likeness (QED) is 0.669. The first kappa shape index (κ1) is 24.3. The fraction of sp³-hybridized carbons (Fsp3) is 0.440. The van der Waals surface area contributed by atoms with Crippen LogP contribution in [0.5, 0.6) is 5.75 Å². The van der Waals surface area contributed by atoms with Crippen molar-refractivity contribution in [2.75, 3.05) is 36.5 Å². The van der Waals surface area contributed by atoms with Crippen molar-refractivity contribution in [1.82, 2.24) is 5.32 Å². The maximum absolute atomic E-state index is 14.8. The summed E-state index contributed by atoms with van der Waals surface area (Å²) in [6, 6.07) is 10.0. The Balaban J connectivity index is 1.37. The van der Waals surface area contributed by atoms with Gasteiger partial charge in [-0.1, -0.05) is 17.7 Å². The van der Waals surface area contributed by atoms with Crippen LogP contribution in [0.15, 0.2) is 36.4 Å². The van der Waals surface area contributed by atoms with Gasteiger partial charge in [0.15, 0.2) is 0 Å². The number of amides is 2. The zero-order chi connectivity index (χ0) is 24.4. The minimum Gasteiger partial charge on any atom is -0.495 e. The van der Waals surface area contributed by atoms with Crippen LogP contribution in [-0.4, -0.2) is 50.8 Å². The molecule has 182 valence electrons. The predicted octanol–water partition coefficient (Wildman–Crippen LogP) is 3.77. The zero-order valence-corrected chi connectivity index (χ0v) is 20.3. The van der Waals surface area contributed by atoms with Gasteiger partial charge in [0, 0.05) is 37.6 Å². The maximum Gasteiger partial charge on any atom is 0.227 e. The second kappa shape index (κ2) is 10.2. The van der Waals surface area contributed by atoms with Gasteiger partial charge in [0.2, 0.25) is 11.8 Å². The molecule has 3 unspecified atom stereocenters. The lowest BCUT2D eigenvalue weighted by molar-refractivity contribution is -0.126. The van der Waals surface area contributed by atoms with E-state index in [-0.39, 0.29) is 49.3 Å². The molecule has 34 heavy (non-hydrogen) atoms. The number of methoxy groups -OCH3 is 1. The summed E-state index contributed by atoms with van der Waals surface area (Å²) in [5, 5.41) is 3.31. The van der Waals surface area contributed by atoms with Crippen molar-refractivity contribution in [3.05, 3.63) is 52.8 Å². The minimum atomic E-state index is -0.517. The number of rotatable bonds is 6. The number of carbonyl (C=O) groups is 2. The second-order valence-corrected chi connectivity index (χ2v) is 9.32. The Bertz CT molecular complexity index is 1070. The van der Waals surface area contributed by atoms with Crippen LogP contribution in [0.2, 0.25) is 5.02 Å². The van der Waals surface area contributed by atoms with Crippen molar-refractivity contribution in [3.63, 3.8) is 0 Å². The van der Waals surface area contributed by atoms with Crippen molar-refractivity contribution >= 4 is 34.8 Å². The molecule has 2 aliphatic heterocycles. The lowest BCUT2D eigenvalue weighted by atomic mass is 10.1. The number of ether oxygens (including phenoxy) is 2. The molecule has 9 heteroatoms. The maximum atomic E-state index is 14.8. The van der Waals surface area contributed by atoms with E-state index in [9.17, 15) is 14.0 Å². The SMILES string of the molecule is COc1ccc(Cl)cc1N1CC(C(=O)NCc2ccc(N3CC(C)OC(C)C3)c(F)c2)CC1=O. The Morgan fingerprint density at radius 3 is 2.56 bits per heavy atom. The Hall–Kier alpha value is -2.84. The van der Waals surface area contributed by atoms with E-state index < -0.39 is 5.92 Å². The van der Waals surface area contributed by atoms with Gasteiger partial charge in [-0.25, -0.2) is 4.39 Å². The number of morpholine rings is 1. The van der Waals surface area contributed by atoms with Gasteiger partial charge in [-0.15, -0.1) is 0 Å². The van der Waals surface area contributed by atoms with E-state index in [0.29, 0.717) is 40.8 Å². The molecule has 3 atom stereocenters. The van der Waals surface area contributed by atoms with E-state index in [2.05, 4.69) is 5.32 Å². The van der Waals surface area contributed by atoms with Crippen LogP contribution in [0.4, 0.5) is 15.8 Å². The number of hydrogen-bond donors (Lipinski definition) is 1. The minimum absolute atomic E-state index is 0.0303. The second-order valence-electron chi connectivity index (χ2n) is 8.89. The zero-order valence-electron chi connectivity index (χ0n) is 19.5. The highest BCUT2D eigenvalue weighted by Gasteiger charge is 2.36. The van der Waals surface area contributed by atoms with Crippen molar-refractivity contribution in [1.29, 1.82) is 0 Å². The van der Waals surface area contributed by atoms with Crippen molar-refractivity contribution in [2.45, 2.75) is 39.0 Å². The molecule has 2 aliphatic rings. The van der Waals surface area contributed by atoms with Crippen molar-refractivity contribution in [3.8, 4) is 5.75 Å². The normalized spacial score (nSPS) is 22.7. The van der Waals surface area contributed by atoms with Gasteiger partial charge in [0.25, 0.3) is 0 Å². The molecule has 7 nitrogen and oxygen atoms in total. The number of nitrogens with zero attached hydrogens (tertiary/aromatic N) is 2. The molecule has 1 N–H and O–H groups in total. The highest BCUT2D eigenvalue weighted by molar-refractivity contribution is 6.31. The average molecular weight is 490 g/mol. The number of hydrogen-bond acceptors (Lipinski definition) is 5. The van der Waals surface area contributed by atoms with Gasteiger partial charge < -0.3 is 24.6 Å². The van der Waals surface area contributed by atoms with Crippen LogP contribution < -0.4 is 19.9 Å². The third-order valence-electron chi connectivity index (χ3n) is 6.17. The Morgan fingerprint density at radius 2 is 1.88 bits per heavy atom. The number of halogens is 2. The monoisotopic (exact) mass is 489 g/mol. The standard InChI is InChI=1S/C25H29ClFN3O4/c1-15-12-29(13-16(2)34-15)21-6-4-17(8-20(21)27)11-28-25(32)18-9-24(31)30(14-18)22-10-19(26)5-7-23(22)33-3/h4-8,10,15-16,18H,9,11-14H2,1-3H3,(H,28,32). The summed E-state index contributed by atoms with van der Waals surface area (Å²) in [6.07, 6.45) is 0.146. The van der Waals surface area contributed by atoms with Crippen molar-refractivity contribution < 1.29 is 23.5 Å². The number of carbonyl (C=O) groups excluding carboxylic acids is 2. The summed E-state index contributed by atoms with van der Waals surface area (Å²) in [5.74, 6) is -0.763. The first-order chi connectivity index (χ1) is 16.2. The van der Waals surface area contributed by atoms with Crippen molar-refractivity contribution in [2.24, 2.45) is 5.92 Å². The topological polar surface area (TPSA) is 71.1 Å². The molecule has 2 saturated heterocycles. The van der Waals surface area contributed by atoms with Gasteiger partial charge in [-0.05, 0) is 49.7 Å². The van der Waals surface area contributed by atoms with Crippen LogP contribution in [-0.2, 0) is 20.9 Å². The van der Waals surface area contributed by atoms with Gasteiger partial charge >= 0.3 is 0 Å². The van der Waals surface area contributed by atoms with Gasteiger partial charge in [-0.3, -0.25) is 9.59 Å². The van der Waals surface area contributed by atoms with Crippen LogP contribution in [0.1, 0.15) is 25.8 Å². The van der Waals surface area contributed by atoms with Crippen LogP contribution in [0, 0.1) is 11.7 Å². The van der Waals surface area contributed by atoms with Crippen LogP contribution >= 0.6 is 11.6 Å². The summed E-state index contributed by atoms with van der Waals surface area (Å²) in [7, 11) is 1.52. The van der Waals surface area contributed by atoms with E-state index in [1.807, 2.05) is 24.8 Å². The third kappa shape index (κ3) is 5.28. The fourth-order valence-electron chi connectivity index (χ4n) is 4.62. The van der Waals surface area contributed by atoms with Gasteiger partial charge in [0.05, 0.1) is 36.6 Å². The lowest BCUT2D eigenvalue weighted by Crippen LogP contribution is -2.45. The largest absolute Gasteiger partial charge is 0.495 e. The molecule has 0 bridgehead atoms. The van der Waals surface area contributed by atoms with Gasteiger partial charge in [-0.2, -0.15) is 0 Å². The van der Waals surface area contributed by atoms with E-state index in [1.54, 1.807) is 24.3 Å². The smallest absolute Gasteiger partial charge is 0.227 e. The highest BCUT2D eigenvalue weighted by atomic mass is 35.5. The van der Waals surface area contributed by atoms with Crippen LogP contribution in [0.25, 0.3) is 0 Å². The molecule has 2 heterocycles. The number of benzene rings is 2. The molecular formula is C25H29ClFN3O4. The summed E-state index contributed by atoms with van der Waals surface area (Å²) >= 11 is 6.09. The molecule has 0 spiro atoms. The van der Waals surface area contributed by atoms with E-state index >= 15 is 0 Å². The van der Waals surface area contributed by atoms with E-state index in [0.717, 1.165) is 0 Å². The molecule has 4 rings (SSSR count).